The number of hydrogen-bond donors (Lipinski definition) is 1. The quantitative estimate of drug-likeness (QED) is 0.585. The molecule has 0 saturated heterocycles. The minimum atomic E-state index is -1.08. The van der Waals surface area contributed by atoms with E-state index >= 15 is 0 Å². The van der Waals surface area contributed by atoms with Gasteiger partial charge in [-0.2, -0.15) is 0 Å². The highest BCUT2D eigenvalue weighted by atomic mass is 19.1. The average molecular weight is 201 g/mol. The van der Waals surface area contributed by atoms with Gasteiger partial charge in [0.05, 0.1) is 12.2 Å². The maximum Gasteiger partial charge on any atom is 0.341 e. The van der Waals surface area contributed by atoms with Gasteiger partial charge in [-0.15, -0.1) is 0 Å². The molecular formula is C9H9F2NO2. The lowest BCUT2D eigenvalue weighted by Gasteiger charge is -2.05. The Bertz CT molecular complexity index is 366. The predicted molar refractivity (Wildman–Crippen MR) is 46.7 cm³/mol. The molecule has 0 unspecified atom stereocenters. The third-order valence-electron chi connectivity index (χ3n) is 1.62. The average Bonchev–Trinajstić information content (AvgIpc) is 2.15. The molecule has 0 amide bonds. The van der Waals surface area contributed by atoms with Gasteiger partial charge in [0.15, 0.2) is 5.82 Å². The Morgan fingerprint density at radius 3 is 2.71 bits per heavy atom. The number of benzene rings is 1. The smallest absolute Gasteiger partial charge is 0.341 e. The fourth-order valence-corrected chi connectivity index (χ4v) is 0.936. The van der Waals surface area contributed by atoms with Crippen LogP contribution in [0.25, 0.3) is 0 Å². The molecule has 0 atom stereocenters. The summed E-state index contributed by atoms with van der Waals surface area (Å²) in [7, 11) is 0. The lowest BCUT2D eigenvalue weighted by molar-refractivity contribution is 0.0521. The van der Waals surface area contributed by atoms with E-state index in [1.807, 2.05) is 0 Å². The van der Waals surface area contributed by atoms with E-state index in [1.54, 1.807) is 6.92 Å². The molecule has 0 bridgehead atoms. The van der Waals surface area contributed by atoms with Gasteiger partial charge in [0.1, 0.15) is 11.5 Å². The number of nitrogens with two attached hydrogens (primary N) is 1. The number of nitrogen functional groups attached to an aromatic ring is 1. The van der Waals surface area contributed by atoms with E-state index in [2.05, 4.69) is 4.74 Å². The summed E-state index contributed by atoms with van der Waals surface area (Å²) >= 11 is 0. The largest absolute Gasteiger partial charge is 0.462 e. The Labute approximate surface area is 79.5 Å². The summed E-state index contributed by atoms with van der Waals surface area (Å²) < 4.78 is 30.4. The van der Waals surface area contributed by atoms with Crippen LogP contribution in [0.4, 0.5) is 14.5 Å². The third-order valence-corrected chi connectivity index (χ3v) is 1.62. The first-order valence-electron chi connectivity index (χ1n) is 3.98. The van der Waals surface area contributed by atoms with Crippen LogP contribution in [0, 0.1) is 11.6 Å². The van der Waals surface area contributed by atoms with Crippen LogP contribution in [-0.4, -0.2) is 12.6 Å². The van der Waals surface area contributed by atoms with Crippen molar-refractivity contribution in [1.82, 2.24) is 0 Å². The van der Waals surface area contributed by atoms with Crippen LogP contribution in [0.5, 0.6) is 0 Å². The molecule has 14 heavy (non-hydrogen) atoms. The molecule has 0 fully saturated rings. The summed E-state index contributed by atoms with van der Waals surface area (Å²) in [5.74, 6) is -2.82. The summed E-state index contributed by atoms with van der Waals surface area (Å²) in [6.45, 7) is 1.71. The second kappa shape index (κ2) is 4.04. The molecule has 3 nitrogen and oxygen atoms in total. The topological polar surface area (TPSA) is 52.3 Å². The minimum Gasteiger partial charge on any atom is -0.462 e. The maximum absolute atomic E-state index is 13.2. The molecule has 2 N–H and O–H groups in total. The molecule has 0 heterocycles. The molecule has 0 aliphatic rings. The van der Waals surface area contributed by atoms with Gasteiger partial charge in [-0.05, 0) is 19.1 Å². The van der Waals surface area contributed by atoms with Gasteiger partial charge >= 0.3 is 5.97 Å². The van der Waals surface area contributed by atoms with E-state index < -0.39 is 23.3 Å². The first kappa shape index (κ1) is 10.4. The van der Waals surface area contributed by atoms with E-state index in [4.69, 9.17) is 5.73 Å². The van der Waals surface area contributed by atoms with Gasteiger partial charge in [0.2, 0.25) is 0 Å². The van der Waals surface area contributed by atoms with Gasteiger partial charge in [-0.3, -0.25) is 0 Å². The van der Waals surface area contributed by atoms with Crippen molar-refractivity contribution in [2.45, 2.75) is 6.92 Å². The summed E-state index contributed by atoms with van der Waals surface area (Å²) in [5, 5.41) is 0. The van der Waals surface area contributed by atoms with Gasteiger partial charge in [0.25, 0.3) is 0 Å². The van der Waals surface area contributed by atoms with E-state index in [-0.39, 0.29) is 12.2 Å². The van der Waals surface area contributed by atoms with Crippen LogP contribution in [0.15, 0.2) is 12.1 Å². The van der Waals surface area contributed by atoms with E-state index in [0.717, 1.165) is 12.1 Å². The minimum absolute atomic E-state index is 0.121. The molecule has 0 spiro atoms. The highest BCUT2D eigenvalue weighted by molar-refractivity contribution is 5.90. The van der Waals surface area contributed by atoms with Crippen LogP contribution >= 0.6 is 0 Å². The van der Waals surface area contributed by atoms with Crippen molar-refractivity contribution in [3.63, 3.8) is 0 Å². The lowest BCUT2D eigenvalue weighted by atomic mass is 10.2. The van der Waals surface area contributed by atoms with Gasteiger partial charge in [-0.1, -0.05) is 0 Å². The van der Waals surface area contributed by atoms with Crippen LogP contribution in [0.1, 0.15) is 17.3 Å². The fourth-order valence-electron chi connectivity index (χ4n) is 0.936. The first-order valence-corrected chi connectivity index (χ1v) is 3.98. The normalized spacial score (nSPS) is 9.93. The Morgan fingerprint density at radius 2 is 2.14 bits per heavy atom. The molecule has 0 radical (unpaired) electrons. The van der Waals surface area contributed by atoms with E-state index in [9.17, 15) is 13.6 Å². The third kappa shape index (κ3) is 1.81. The standard InChI is InChI=1S/C9H9F2NO2/c1-2-14-9(13)5-3-4-6(10)8(12)7(5)11/h3-4H,2,12H2,1H3. The molecular weight excluding hydrogens is 192 g/mol. The molecule has 76 valence electrons. The number of anilines is 1. The molecule has 1 aromatic carbocycles. The number of esters is 1. The predicted octanol–water partition coefficient (Wildman–Crippen LogP) is 1.72. The summed E-state index contributed by atoms with van der Waals surface area (Å²) in [5.41, 5.74) is 4.03. The Kier molecular flexibility index (Phi) is 3.01. The fraction of sp³-hybridized carbons (Fsp3) is 0.222. The highest BCUT2D eigenvalue weighted by Crippen LogP contribution is 2.19. The Balaban J connectivity index is 3.11. The summed E-state index contributed by atoms with van der Waals surface area (Å²) in [6.07, 6.45) is 0. The van der Waals surface area contributed by atoms with Crippen LogP contribution in [-0.2, 0) is 4.74 Å². The van der Waals surface area contributed by atoms with Crippen molar-refractivity contribution in [3.05, 3.63) is 29.3 Å². The monoisotopic (exact) mass is 201 g/mol. The first-order chi connectivity index (χ1) is 6.57. The number of halogens is 2. The van der Waals surface area contributed by atoms with E-state index in [1.165, 1.54) is 0 Å². The van der Waals surface area contributed by atoms with Gasteiger partial charge in [0, 0.05) is 0 Å². The molecule has 0 aliphatic carbocycles. The highest BCUT2D eigenvalue weighted by Gasteiger charge is 2.17. The van der Waals surface area contributed by atoms with Crippen LogP contribution < -0.4 is 5.73 Å². The molecule has 5 heteroatoms. The van der Waals surface area contributed by atoms with Crippen LogP contribution in [0.3, 0.4) is 0 Å². The molecule has 0 saturated carbocycles. The van der Waals surface area contributed by atoms with Crippen molar-refractivity contribution in [2.75, 3.05) is 12.3 Å². The number of carbonyl (C=O) groups excluding carboxylic acids is 1. The molecule has 0 aliphatic heterocycles. The molecule has 1 aromatic rings. The van der Waals surface area contributed by atoms with Crippen molar-refractivity contribution < 1.29 is 18.3 Å². The molecule has 1 rings (SSSR count). The Hall–Kier alpha value is -1.65. The zero-order valence-electron chi connectivity index (χ0n) is 7.51. The maximum atomic E-state index is 13.2. The number of ether oxygens (including phenoxy) is 1. The van der Waals surface area contributed by atoms with Gasteiger partial charge in [-0.25, -0.2) is 13.6 Å². The summed E-state index contributed by atoms with van der Waals surface area (Å²) in [6, 6.07) is 1.92. The molecule has 0 aromatic heterocycles. The number of rotatable bonds is 2. The SMILES string of the molecule is CCOC(=O)c1ccc(F)c(N)c1F. The van der Waals surface area contributed by atoms with Gasteiger partial charge < -0.3 is 10.5 Å². The van der Waals surface area contributed by atoms with E-state index in [0.29, 0.717) is 0 Å². The van der Waals surface area contributed by atoms with Crippen molar-refractivity contribution in [2.24, 2.45) is 0 Å². The van der Waals surface area contributed by atoms with Crippen molar-refractivity contribution in [3.8, 4) is 0 Å². The van der Waals surface area contributed by atoms with Crippen molar-refractivity contribution in [1.29, 1.82) is 0 Å². The second-order valence-corrected chi connectivity index (χ2v) is 2.54. The lowest BCUT2D eigenvalue weighted by Crippen LogP contribution is -2.09. The van der Waals surface area contributed by atoms with Crippen molar-refractivity contribution >= 4 is 11.7 Å². The zero-order chi connectivity index (χ0) is 10.7. The number of hydrogen-bond acceptors (Lipinski definition) is 3. The Morgan fingerprint density at radius 1 is 1.50 bits per heavy atom. The zero-order valence-corrected chi connectivity index (χ0v) is 7.51. The summed E-state index contributed by atoms with van der Waals surface area (Å²) in [4.78, 5) is 11.1. The second-order valence-electron chi connectivity index (χ2n) is 2.54. The number of carbonyl (C=O) groups is 1. The van der Waals surface area contributed by atoms with Crippen LogP contribution in [0.2, 0.25) is 0 Å².